The Morgan fingerprint density at radius 1 is 1.29 bits per heavy atom. The Morgan fingerprint density at radius 3 is 2.47 bits per heavy atom. The van der Waals surface area contributed by atoms with E-state index in [1.54, 1.807) is 0 Å². The van der Waals surface area contributed by atoms with Gasteiger partial charge in [-0.15, -0.1) is 0 Å². The smallest absolute Gasteiger partial charge is 0.229 e. The molecule has 0 aromatic heterocycles. The van der Waals surface area contributed by atoms with E-state index in [2.05, 4.69) is 19.9 Å². The highest BCUT2D eigenvalue weighted by atomic mass is 16.2. The molecule has 0 aliphatic heterocycles. The minimum Gasteiger partial charge on any atom is -0.312 e. The van der Waals surface area contributed by atoms with Gasteiger partial charge in [0.05, 0.1) is 0 Å². The van der Waals surface area contributed by atoms with Crippen molar-refractivity contribution < 1.29 is 4.79 Å². The van der Waals surface area contributed by atoms with Crippen molar-refractivity contribution in [2.24, 2.45) is 5.92 Å². The molecule has 0 N–H and O–H groups in total. The zero-order valence-electron chi connectivity index (χ0n) is 11.4. The summed E-state index contributed by atoms with van der Waals surface area (Å²) in [5.74, 6) is 0.350. The predicted molar refractivity (Wildman–Crippen MR) is 73.3 cm³/mol. The molecule has 0 radical (unpaired) electrons. The second-order valence-corrected chi connectivity index (χ2v) is 4.56. The normalized spacial score (nSPS) is 12.2. The third kappa shape index (κ3) is 3.32. The summed E-state index contributed by atoms with van der Waals surface area (Å²) in [6.45, 7) is 8.96. The van der Waals surface area contributed by atoms with Crippen molar-refractivity contribution in [2.75, 3.05) is 11.4 Å². The van der Waals surface area contributed by atoms with Crippen molar-refractivity contribution >= 4 is 11.6 Å². The molecule has 1 aromatic carbocycles. The van der Waals surface area contributed by atoms with E-state index in [0.29, 0.717) is 0 Å². The van der Waals surface area contributed by atoms with Crippen LogP contribution in [0.5, 0.6) is 0 Å². The van der Waals surface area contributed by atoms with Crippen LogP contribution in [0.25, 0.3) is 0 Å². The van der Waals surface area contributed by atoms with Crippen LogP contribution in [-0.2, 0) is 4.79 Å². The van der Waals surface area contributed by atoms with Crippen LogP contribution in [0.2, 0.25) is 0 Å². The Labute approximate surface area is 105 Å². The molecule has 2 nitrogen and oxygen atoms in total. The highest BCUT2D eigenvalue weighted by Gasteiger charge is 2.20. The maximum Gasteiger partial charge on any atom is 0.229 e. The van der Waals surface area contributed by atoms with Gasteiger partial charge in [0, 0.05) is 18.2 Å². The van der Waals surface area contributed by atoms with Crippen molar-refractivity contribution in [3.8, 4) is 0 Å². The van der Waals surface area contributed by atoms with Crippen LogP contribution >= 0.6 is 0 Å². The number of anilines is 1. The van der Waals surface area contributed by atoms with E-state index in [9.17, 15) is 4.79 Å². The molecular formula is C15H23NO. The minimum atomic E-state index is 0.111. The summed E-state index contributed by atoms with van der Waals surface area (Å²) in [6, 6.07) is 8.07. The molecule has 0 saturated heterocycles. The van der Waals surface area contributed by atoms with Gasteiger partial charge in [-0.2, -0.15) is 0 Å². The van der Waals surface area contributed by atoms with E-state index >= 15 is 0 Å². The second-order valence-electron chi connectivity index (χ2n) is 4.56. The Bertz CT molecular complexity index is 373. The number of carbonyl (C=O) groups excluding carboxylic acids is 1. The maximum absolute atomic E-state index is 12.3. The highest BCUT2D eigenvalue weighted by Crippen LogP contribution is 2.22. The number of amides is 1. The first-order chi connectivity index (χ1) is 8.11. The number of para-hydroxylation sites is 1. The Morgan fingerprint density at radius 2 is 1.94 bits per heavy atom. The van der Waals surface area contributed by atoms with E-state index in [-0.39, 0.29) is 11.8 Å². The molecule has 0 spiro atoms. The number of hydrogen-bond acceptors (Lipinski definition) is 1. The third-order valence-corrected chi connectivity index (χ3v) is 3.13. The van der Waals surface area contributed by atoms with Gasteiger partial charge in [0.25, 0.3) is 0 Å². The van der Waals surface area contributed by atoms with Crippen LogP contribution < -0.4 is 4.90 Å². The molecule has 94 valence electrons. The molecule has 1 rings (SSSR count). The fourth-order valence-corrected chi connectivity index (χ4v) is 2.13. The second kappa shape index (κ2) is 6.43. The first kappa shape index (κ1) is 13.8. The first-order valence-electron chi connectivity index (χ1n) is 6.48. The minimum absolute atomic E-state index is 0.111. The molecule has 0 aliphatic rings. The SMILES string of the molecule is CCC[C@@H](C)C(=O)N(CC)c1ccccc1C. The quantitative estimate of drug-likeness (QED) is 0.757. The van der Waals surface area contributed by atoms with Crippen LogP contribution in [0, 0.1) is 12.8 Å². The van der Waals surface area contributed by atoms with E-state index < -0.39 is 0 Å². The predicted octanol–water partition coefficient (Wildman–Crippen LogP) is 3.78. The fourth-order valence-electron chi connectivity index (χ4n) is 2.13. The van der Waals surface area contributed by atoms with Crippen molar-refractivity contribution in [3.05, 3.63) is 29.8 Å². The summed E-state index contributed by atoms with van der Waals surface area (Å²) in [7, 11) is 0. The van der Waals surface area contributed by atoms with Crippen molar-refractivity contribution in [1.82, 2.24) is 0 Å². The van der Waals surface area contributed by atoms with Gasteiger partial charge in [-0.25, -0.2) is 0 Å². The number of hydrogen-bond donors (Lipinski definition) is 0. The van der Waals surface area contributed by atoms with Gasteiger partial charge in [-0.1, -0.05) is 38.5 Å². The molecule has 1 aromatic rings. The van der Waals surface area contributed by atoms with Crippen molar-refractivity contribution in [2.45, 2.75) is 40.5 Å². The molecule has 0 bridgehead atoms. The van der Waals surface area contributed by atoms with Gasteiger partial charge >= 0.3 is 0 Å². The molecule has 0 saturated carbocycles. The van der Waals surface area contributed by atoms with Gasteiger partial charge in [0.15, 0.2) is 0 Å². The summed E-state index contributed by atoms with van der Waals surface area (Å²) in [4.78, 5) is 14.2. The van der Waals surface area contributed by atoms with Crippen molar-refractivity contribution in [3.63, 3.8) is 0 Å². The standard InChI is InChI=1S/C15H23NO/c1-5-9-13(4)15(17)16(6-2)14-11-8-7-10-12(14)3/h7-8,10-11,13H,5-6,9H2,1-4H3/t13-/m1/s1. The lowest BCUT2D eigenvalue weighted by atomic mass is 10.0. The Kier molecular flexibility index (Phi) is 5.20. The van der Waals surface area contributed by atoms with Gasteiger partial charge in [0.2, 0.25) is 5.91 Å². The van der Waals surface area contributed by atoms with E-state index in [4.69, 9.17) is 0 Å². The number of aryl methyl sites for hydroxylation is 1. The van der Waals surface area contributed by atoms with Crippen LogP contribution in [0.3, 0.4) is 0 Å². The fraction of sp³-hybridized carbons (Fsp3) is 0.533. The zero-order chi connectivity index (χ0) is 12.8. The van der Waals surface area contributed by atoms with Gasteiger partial charge in [-0.05, 0) is 31.9 Å². The van der Waals surface area contributed by atoms with Crippen LogP contribution in [0.15, 0.2) is 24.3 Å². The lowest BCUT2D eigenvalue weighted by molar-refractivity contribution is -0.122. The van der Waals surface area contributed by atoms with Gasteiger partial charge in [-0.3, -0.25) is 4.79 Å². The third-order valence-electron chi connectivity index (χ3n) is 3.13. The van der Waals surface area contributed by atoms with Crippen LogP contribution in [-0.4, -0.2) is 12.5 Å². The summed E-state index contributed by atoms with van der Waals surface area (Å²) in [5.41, 5.74) is 2.20. The van der Waals surface area contributed by atoms with Crippen LogP contribution in [0.1, 0.15) is 39.2 Å². The molecule has 17 heavy (non-hydrogen) atoms. The molecular weight excluding hydrogens is 210 g/mol. The molecule has 0 unspecified atom stereocenters. The lowest BCUT2D eigenvalue weighted by Crippen LogP contribution is -2.35. The monoisotopic (exact) mass is 233 g/mol. The first-order valence-corrected chi connectivity index (χ1v) is 6.48. The Hall–Kier alpha value is -1.31. The van der Waals surface area contributed by atoms with E-state index in [1.807, 2.05) is 36.9 Å². The highest BCUT2D eigenvalue weighted by molar-refractivity contribution is 5.95. The molecule has 0 fully saturated rings. The van der Waals surface area contributed by atoms with Gasteiger partial charge < -0.3 is 4.90 Å². The molecule has 0 aliphatic carbocycles. The Balaban J connectivity index is 2.92. The average Bonchev–Trinajstić information content (AvgIpc) is 2.32. The summed E-state index contributed by atoms with van der Waals surface area (Å²) in [5, 5.41) is 0. The summed E-state index contributed by atoms with van der Waals surface area (Å²) < 4.78 is 0. The number of benzene rings is 1. The summed E-state index contributed by atoms with van der Waals surface area (Å²) in [6.07, 6.45) is 2.01. The van der Waals surface area contributed by atoms with E-state index in [1.165, 1.54) is 0 Å². The van der Waals surface area contributed by atoms with Crippen LogP contribution in [0.4, 0.5) is 5.69 Å². The average molecular weight is 233 g/mol. The molecule has 1 atom stereocenters. The van der Waals surface area contributed by atoms with Crippen molar-refractivity contribution in [1.29, 1.82) is 0 Å². The number of nitrogens with zero attached hydrogens (tertiary/aromatic N) is 1. The maximum atomic E-state index is 12.3. The lowest BCUT2D eigenvalue weighted by Gasteiger charge is -2.26. The molecule has 2 heteroatoms. The molecule has 1 amide bonds. The van der Waals surface area contributed by atoms with E-state index in [0.717, 1.165) is 30.6 Å². The zero-order valence-corrected chi connectivity index (χ0v) is 11.4. The largest absolute Gasteiger partial charge is 0.312 e. The number of carbonyl (C=O) groups is 1. The number of rotatable bonds is 5. The topological polar surface area (TPSA) is 20.3 Å². The van der Waals surface area contributed by atoms with Gasteiger partial charge in [0.1, 0.15) is 0 Å². The molecule has 0 heterocycles. The summed E-state index contributed by atoms with van der Waals surface area (Å²) >= 11 is 0.